The Kier molecular flexibility index (Phi) is 5.42. The highest BCUT2D eigenvalue weighted by Crippen LogP contribution is 2.27. The molecular weight excluding hydrogens is 266 g/mol. The van der Waals surface area contributed by atoms with E-state index >= 15 is 0 Å². The molecule has 0 radical (unpaired) electrons. The molecule has 0 unspecified atom stereocenters. The zero-order chi connectivity index (χ0) is 15.2. The van der Waals surface area contributed by atoms with Gasteiger partial charge in [-0.15, -0.1) is 0 Å². The zero-order valence-corrected chi connectivity index (χ0v) is 13.0. The number of nitrogen functional groups attached to an aromatic ring is 1. The van der Waals surface area contributed by atoms with E-state index in [0.717, 1.165) is 6.54 Å². The van der Waals surface area contributed by atoms with Gasteiger partial charge in [0.05, 0.1) is 18.5 Å². The predicted octanol–water partition coefficient (Wildman–Crippen LogP) is 2.86. The van der Waals surface area contributed by atoms with Crippen molar-refractivity contribution in [2.24, 2.45) is 5.92 Å². The van der Waals surface area contributed by atoms with Crippen molar-refractivity contribution >= 4 is 17.5 Å². The van der Waals surface area contributed by atoms with Gasteiger partial charge >= 0.3 is 5.97 Å². The van der Waals surface area contributed by atoms with Crippen LogP contribution in [0.4, 0.5) is 11.5 Å². The molecule has 5 nitrogen and oxygen atoms in total. The van der Waals surface area contributed by atoms with E-state index in [0.29, 0.717) is 29.6 Å². The van der Waals surface area contributed by atoms with Crippen molar-refractivity contribution in [1.29, 1.82) is 0 Å². The number of carbonyl (C=O) groups is 1. The van der Waals surface area contributed by atoms with Gasteiger partial charge in [0.15, 0.2) is 0 Å². The molecule has 1 aromatic rings. The molecule has 0 spiro atoms. The Morgan fingerprint density at radius 1 is 1.43 bits per heavy atom. The first-order chi connectivity index (χ1) is 10.1. The summed E-state index contributed by atoms with van der Waals surface area (Å²) in [5.41, 5.74) is 6.69. The first-order valence-electron chi connectivity index (χ1n) is 7.75. The molecule has 1 aliphatic rings. The summed E-state index contributed by atoms with van der Waals surface area (Å²) in [5, 5.41) is 0. The van der Waals surface area contributed by atoms with Gasteiger partial charge in [0.25, 0.3) is 0 Å². The van der Waals surface area contributed by atoms with Crippen LogP contribution in [-0.4, -0.2) is 31.2 Å². The Balaban J connectivity index is 2.14. The van der Waals surface area contributed by atoms with Crippen molar-refractivity contribution in [2.45, 2.75) is 39.0 Å². The number of pyridine rings is 1. The SMILES string of the molecule is CCOC(=O)c1cc(N)cnc1N(C)CC1CCCCC1. The molecular formula is C16H25N3O2. The molecule has 0 amide bonds. The summed E-state index contributed by atoms with van der Waals surface area (Å²) < 4.78 is 5.10. The van der Waals surface area contributed by atoms with Gasteiger partial charge in [-0.1, -0.05) is 19.3 Å². The van der Waals surface area contributed by atoms with Crippen LogP contribution in [0.2, 0.25) is 0 Å². The van der Waals surface area contributed by atoms with Crippen molar-refractivity contribution in [3.63, 3.8) is 0 Å². The molecule has 1 aromatic heterocycles. The molecule has 0 saturated heterocycles. The van der Waals surface area contributed by atoms with E-state index in [1.54, 1.807) is 19.2 Å². The molecule has 1 saturated carbocycles. The maximum Gasteiger partial charge on any atom is 0.341 e. The standard InChI is InChI=1S/C16H25N3O2/c1-3-21-16(20)14-9-13(17)10-18-15(14)19(2)11-12-7-5-4-6-8-12/h9-10,12H,3-8,11,17H2,1-2H3. The lowest BCUT2D eigenvalue weighted by Crippen LogP contribution is -2.29. The number of ether oxygens (including phenoxy) is 1. The van der Waals surface area contributed by atoms with Crippen LogP contribution in [0.1, 0.15) is 49.4 Å². The molecule has 2 rings (SSSR count). The van der Waals surface area contributed by atoms with Crippen LogP contribution in [0.25, 0.3) is 0 Å². The third kappa shape index (κ3) is 4.09. The molecule has 2 N–H and O–H groups in total. The van der Waals surface area contributed by atoms with E-state index in [9.17, 15) is 4.79 Å². The molecule has 0 aliphatic heterocycles. The van der Waals surface area contributed by atoms with Crippen LogP contribution in [0, 0.1) is 5.92 Å². The zero-order valence-electron chi connectivity index (χ0n) is 13.0. The summed E-state index contributed by atoms with van der Waals surface area (Å²) in [5.74, 6) is 0.981. The van der Waals surface area contributed by atoms with Crippen LogP contribution >= 0.6 is 0 Å². The van der Waals surface area contributed by atoms with E-state index in [1.807, 2.05) is 7.05 Å². The Bertz CT molecular complexity index is 484. The highest BCUT2D eigenvalue weighted by molar-refractivity contribution is 5.95. The minimum atomic E-state index is -0.359. The van der Waals surface area contributed by atoms with Gasteiger partial charge in [-0.05, 0) is 31.7 Å². The quantitative estimate of drug-likeness (QED) is 0.845. The molecule has 1 heterocycles. The highest BCUT2D eigenvalue weighted by atomic mass is 16.5. The average Bonchev–Trinajstić information content (AvgIpc) is 2.48. The molecule has 116 valence electrons. The second kappa shape index (κ2) is 7.29. The number of carbonyl (C=O) groups excluding carboxylic acids is 1. The monoisotopic (exact) mass is 291 g/mol. The third-order valence-electron chi connectivity index (χ3n) is 4.00. The Morgan fingerprint density at radius 3 is 2.81 bits per heavy atom. The van der Waals surface area contributed by atoms with E-state index < -0.39 is 0 Å². The molecule has 0 bridgehead atoms. The Hall–Kier alpha value is -1.78. The van der Waals surface area contributed by atoms with Gasteiger partial charge in [-0.25, -0.2) is 9.78 Å². The number of nitrogens with zero attached hydrogens (tertiary/aromatic N) is 2. The van der Waals surface area contributed by atoms with E-state index in [-0.39, 0.29) is 5.97 Å². The van der Waals surface area contributed by atoms with Crippen molar-refractivity contribution in [2.75, 3.05) is 30.8 Å². The summed E-state index contributed by atoms with van der Waals surface area (Å²) in [6, 6.07) is 1.65. The molecule has 0 atom stereocenters. The van der Waals surface area contributed by atoms with Crippen LogP contribution in [0.3, 0.4) is 0 Å². The molecule has 1 fully saturated rings. The first kappa shape index (κ1) is 15.6. The van der Waals surface area contributed by atoms with Gasteiger partial charge in [-0.2, -0.15) is 0 Å². The largest absolute Gasteiger partial charge is 0.462 e. The fraction of sp³-hybridized carbons (Fsp3) is 0.625. The lowest BCUT2D eigenvalue weighted by molar-refractivity contribution is 0.0526. The highest BCUT2D eigenvalue weighted by Gasteiger charge is 2.21. The second-order valence-electron chi connectivity index (χ2n) is 5.74. The molecule has 21 heavy (non-hydrogen) atoms. The normalized spacial score (nSPS) is 15.7. The summed E-state index contributed by atoms with van der Waals surface area (Å²) in [6.45, 7) is 3.06. The number of anilines is 2. The van der Waals surface area contributed by atoms with Crippen molar-refractivity contribution in [1.82, 2.24) is 4.98 Å². The Labute approximate surface area is 126 Å². The number of hydrogen-bond acceptors (Lipinski definition) is 5. The molecule has 0 aromatic carbocycles. The lowest BCUT2D eigenvalue weighted by atomic mass is 9.89. The topological polar surface area (TPSA) is 68.5 Å². The van der Waals surface area contributed by atoms with Crippen molar-refractivity contribution in [3.05, 3.63) is 17.8 Å². The third-order valence-corrected chi connectivity index (χ3v) is 4.00. The van der Waals surface area contributed by atoms with Gasteiger partial charge in [0.1, 0.15) is 11.4 Å². The lowest BCUT2D eigenvalue weighted by Gasteiger charge is -2.28. The van der Waals surface area contributed by atoms with E-state index in [2.05, 4.69) is 9.88 Å². The number of nitrogens with two attached hydrogens (primary N) is 1. The van der Waals surface area contributed by atoms with Gasteiger partial charge < -0.3 is 15.4 Å². The predicted molar refractivity (Wildman–Crippen MR) is 84.5 cm³/mol. The summed E-state index contributed by atoms with van der Waals surface area (Å²) >= 11 is 0. The van der Waals surface area contributed by atoms with Crippen LogP contribution in [0.15, 0.2) is 12.3 Å². The van der Waals surface area contributed by atoms with Crippen molar-refractivity contribution in [3.8, 4) is 0 Å². The van der Waals surface area contributed by atoms with E-state index in [1.165, 1.54) is 32.1 Å². The molecule has 5 heteroatoms. The van der Waals surface area contributed by atoms with Crippen molar-refractivity contribution < 1.29 is 9.53 Å². The number of hydrogen-bond donors (Lipinski definition) is 1. The first-order valence-corrected chi connectivity index (χ1v) is 7.75. The average molecular weight is 291 g/mol. The smallest absolute Gasteiger partial charge is 0.341 e. The summed E-state index contributed by atoms with van der Waals surface area (Å²) in [7, 11) is 1.98. The van der Waals surface area contributed by atoms with Crippen LogP contribution < -0.4 is 10.6 Å². The van der Waals surface area contributed by atoms with Crippen LogP contribution in [0.5, 0.6) is 0 Å². The number of esters is 1. The fourth-order valence-electron chi connectivity index (χ4n) is 2.98. The Morgan fingerprint density at radius 2 is 2.14 bits per heavy atom. The number of aromatic nitrogens is 1. The second-order valence-corrected chi connectivity index (χ2v) is 5.74. The fourth-order valence-corrected chi connectivity index (χ4v) is 2.98. The van der Waals surface area contributed by atoms with Gasteiger partial charge in [0.2, 0.25) is 0 Å². The molecule has 1 aliphatic carbocycles. The van der Waals surface area contributed by atoms with Crippen LogP contribution in [-0.2, 0) is 4.74 Å². The minimum absolute atomic E-state index is 0.347. The maximum atomic E-state index is 12.1. The minimum Gasteiger partial charge on any atom is -0.462 e. The van der Waals surface area contributed by atoms with E-state index in [4.69, 9.17) is 10.5 Å². The van der Waals surface area contributed by atoms with Gasteiger partial charge in [0, 0.05) is 13.6 Å². The summed E-state index contributed by atoms with van der Waals surface area (Å²) in [4.78, 5) is 18.5. The summed E-state index contributed by atoms with van der Waals surface area (Å²) in [6.07, 6.45) is 8.06. The van der Waals surface area contributed by atoms with Gasteiger partial charge in [-0.3, -0.25) is 0 Å². The number of rotatable bonds is 5. The maximum absolute atomic E-state index is 12.1.